The second-order valence-corrected chi connectivity index (χ2v) is 6.98. The van der Waals surface area contributed by atoms with E-state index >= 15 is 0 Å². The van der Waals surface area contributed by atoms with Crippen LogP contribution in [0.1, 0.15) is 5.56 Å². The normalized spacial score (nSPS) is 11.9. The third kappa shape index (κ3) is 2.57. The zero-order chi connectivity index (χ0) is 16.6. The Morgan fingerprint density at radius 2 is 1.12 bits per heavy atom. The number of nitrogens with zero attached hydrogens (tertiary/aromatic N) is 1. The molecule has 0 atom stereocenters. The van der Waals surface area contributed by atoms with Crippen molar-refractivity contribution in [1.82, 2.24) is 4.48 Å². The molecule has 24 heavy (non-hydrogen) atoms. The van der Waals surface area contributed by atoms with E-state index in [2.05, 4.69) is 99.0 Å². The van der Waals surface area contributed by atoms with Gasteiger partial charge >= 0.3 is 0 Å². The van der Waals surface area contributed by atoms with E-state index in [1.54, 1.807) is 0 Å². The van der Waals surface area contributed by atoms with Crippen molar-refractivity contribution in [2.45, 2.75) is 6.54 Å². The zero-order valence-corrected chi connectivity index (χ0v) is 14.2. The first kappa shape index (κ1) is 14.9. The van der Waals surface area contributed by atoms with Gasteiger partial charge in [-0.25, -0.2) is 0 Å². The molecule has 4 aromatic carbocycles. The summed E-state index contributed by atoms with van der Waals surface area (Å²) < 4.78 is 0.832. The van der Waals surface area contributed by atoms with Crippen molar-refractivity contribution in [3.8, 4) is 0 Å². The highest BCUT2D eigenvalue weighted by molar-refractivity contribution is 6.02. The van der Waals surface area contributed by atoms with Gasteiger partial charge in [0.05, 0.1) is 14.1 Å². The molecule has 118 valence electrons. The summed E-state index contributed by atoms with van der Waals surface area (Å²) in [6.45, 7) is 0.964. The number of quaternary nitrogens is 1. The van der Waals surface area contributed by atoms with Crippen molar-refractivity contribution in [3.05, 3.63) is 90.5 Å². The fraction of sp³-hybridized carbons (Fsp3) is 0.130. The summed E-state index contributed by atoms with van der Waals surface area (Å²) in [6.07, 6.45) is 0. The maximum Gasteiger partial charge on any atom is 0.132 e. The first-order valence-corrected chi connectivity index (χ1v) is 8.43. The van der Waals surface area contributed by atoms with Crippen LogP contribution in [0.5, 0.6) is 0 Å². The Morgan fingerprint density at radius 1 is 0.625 bits per heavy atom. The molecule has 0 unspecified atom stereocenters. The lowest BCUT2D eigenvalue weighted by Gasteiger charge is -2.30. The minimum absolute atomic E-state index is 0.832. The molecular weight excluding hydrogens is 290 g/mol. The van der Waals surface area contributed by atoms with Gasteiger partial charge in [-0.3, -0.25) is 4.48 Å². The Hall–Kier alpha value is -2.64. The Labute approximate surface area is 143 Å². The molecule has 0 heterocycles. The van der Waals surface area contributed by atoms with E-state index in [0.717, 1.165) is 11.0 Å². The van der Waals surface area contributed by atoms with E-state index in [-0.39, 0.29) is 0 Å². The SMILES string of the molecule is C[N+](C)(Cc1c2ccccc2cc2ccccc12)c1ccccc1. The van der Waals surface area contributed by atoms with Crippen molar-refractivity contribution in [3.63, 3.8) is 0 Å². The Balaban J connectivity index is 1.94. The minimum atomic E-state index is 0.832. The van der Waals surface area contributed by atoms with Crippen molar-refractivity contribution in [2.24, 2.45) is 0 Å². The summed E-state index contributed by atoms with van der Waals surface area (Å²) in [7, 11) is 4.57. The van der Waals surface area contributed by atoms with Crippen LogP contribution in [0.25, 0.3) is 21.5 Å². The van der Waals surface area contributed by atoms with Crippen LogP contribution in [0.2, 0.25) is 0 Å². The smallest absolute Gasteiger partial charge is 0.132 e. The standard InChI is InChI=1S/C23H22N/c1-24(2,20-12-4-3-5-13-20)17-23-21-14-8-6-10-18(21)16-19-11-7-9-15-22(19)23/h3-16H,17H2,1-2H3/q+1. The molecule has 1 nitrogen and oxygen atoms in total. The molecule has 4 aromatic rings. The summed E-state index contributed by atoms with van der Waals surface area (Å²) in [4.78, 5) is 0. The first-order valence-electron chi connectivity index (χ1n) is 8.43. The van der Waals surface area contributed by atoms with Crippen LogP contribution in [0.4, 0.5) is 5.69 Å². The molecule has 0 saturated heterocycles. The highest BCUT2D eigenvalue weighted by Gasteiger charge is 2.22. The van der Waals surface area contributed by atoms with E-state index in [0.29, 0.717) is 0 Å². The van der Waals surface area contributed by atoms with Crippen molar-refractivity contribution < 1.29 is 0 Å². The quantitative estimate of drug-likeness (QED) is 0.333. The number of fused-ring (bicyclic) bond motifs is 2. The van der Waals surface area contributed by atoms with Crippen LogP contribution < -0.4 is 4.48 Å². The van der Waals surface area contributed by atoms with Gasteiger partial charge in [0.15, 0.2) is 0 Å². The first-order chi connectivity index (χ1) is 11.6. The summed E-state index contributed by atoms with van der Waals surface area (Å²) in [6, 6.07) is 30.5. The van der Waals surface area contributed by atoms with Gasteiger partial charge in [-0.2, -0.15) is 0 Å². The number of hydrogen-bond acceptors (Lipinski definition) is 0. The Kier molecular flexibility index (Phi) is 3.59. The zero-order valence-electron chi connectivity index (χ0n) is 14.2. The second kappa shape index (κ2) is 5.77. The molecule has 0 spiro atoms. The molecule has 4 rings (SSSR count). The molecule has 0 fully saturated rings. The van der Waals surface area contributed by atoms with Crippen molar-refractivity contribution in [1.29, 1.82) is 0 Å². The summed E-state index contributed by atoms with van der Waals surface area (Å²) >= 11 is 0. The average molecular weight is 312 g/mol. The third-order valence-corrected chi connectivity index (χ3v) is 4.89. The predicted octanol–water partition coefficient (Wildman–Crippen LogP) is 5.76. The molecule has 0 aliphatic carbocycles. The molecule has 0 amide bonds. The largest absolute Gasteiger partial charge is 0.292 e. The lowest BCUT2D eigenvalue weighted by molar-refractivity contribution is 0.395. The third-order valence-electron chi connectivity index (χ3n) is 4.89. The molecule has 0 N–H and O–H groups in total. The monoisotopic (exact) mass is 312 g/mol. The number of benzene rings is 4. The van der Waals surface area contributed by atoms with Crippen molar-refractivity contribution in [2.75, 3.05) is 14.1 Å². The van der Waals surface area contributed by atoms with Crippen molar-refractivity contribution >= 4 is 27.2 Å². The van der Waals surface area contributed by atoms with Crippen LogP contribution in [-0.4, -0.2) is 14.1 Å². The van der Waals surface area contributed by atoms with Gasteiger partial charge in [0.1, 0.15) is 12.2 Å². The molecule has 0 aromatic heterocycles. The number of rotatable bonds is 3. The van der Waals surface area contributed by atoms with E-state index < -0.39 is 0 Å². The van der Waals surface area contributed by atoms with Gasteiger partial charge in [-0.05, 0) is 39.7 Å². The van der Waals surface area contributed by atoms with Crippen LogP contribution in [0.3, 0.4) is 0 Å². The number of hydrogen-bond donors (Lipinski definition) is 0. The fourth-order valence-electron chi connectivity index (χ4n) is 3.60. The second-order valence-electron chi connectivity index (χ2n) is 6.98. The lowest BCUT2D eigenvalue weighted by atomic mass is 9.96. The molecule has 0 radical (unpaired) electrons. The van der Waals surface area contributed by atoms with Crippen LogP contribution in [0.15, 0.2) is 84.9 Å². The van der Waals surface area contributed by atoms with Crippen LogP contribution in [-0.2, 0) is 6.54 Å². The maximum atomic E-state index is 2.30. The van der Waals surface area contributed by atoms with E-state index in [9.17, 15) is 0 Å². The lowest BCUT2D eigenvalue weighted by Crippen LogP contribution is -2.39. The minimum Gasteiger partial charge on any atom is -0.292 e. The highest BCUT2D eigenvalue weighted by Crippen LogP contribution is 2.32. The summed E-state index contributed by atoms with van der Waals surface area (Å²) in [5, 5.41) is 5.36. The molecule has 1 heteroatoms. The van der Waals surface area contributed by atoms with Gasteiger partial charge in [-0.15, -0.1) is 0 Å². The van der Waals surface area contributed by atoms with Gasteiger partial charge in [0, 0.05) is 5.56 Å². The van der Waals surface area contributed by atoms with E-state index in [1.165, 1.54) is 32.8 Å². The van der Waals surface area contributed by atoms with Gasteiger partial charge < -0.3 is 0 Å². The average Bonchev–Trinajstić information content (AvgIpc) is 2.62. The Bertz CT molecular complexity index is 946. The molecule has 0 saturated carbocycles. The van der Waals surface area contributed by atoms with Crippen LogP contribution in [0, 0.1) is 0 Å². The fourth-order valence-corrected chi connectivity index (χ4v) is 3.60. The van der Waals surface area contributed by atoms with Gasteiger partial charge in [0.25, 0.3) is 0 Å². The molecule has 0 aliphatic heterocycles. The maximum absolute atomic E-state index is 2.30. The van der Waals surface area contributed by atoms with Gasteiger partial charge in [0.2, 0.25) is 0 Å². The molecular formula is C23H22N+. The highest BCUT2D eigenvalue weighted by atomic mass is 15.3. The van der Waals surface area contributed by atoms with E-state index in [1.807, 2.05) is 0 Å². The topological polar surface area (TPSA) is 0 Å². The number of para-hydroxylation sites is 1. The predicted molar refractivity (Wildman–Crippen MR) is 105 cm³/mol. The van der Waals surface area contributed by atoms with E-state index in [4.69, 9.17) is 0 Å². The van der Waals surface area contributed by atoms with Gasteiger partial charge in [-0.1, -0.05) is 66.7 Å². The summed E-state index contributed by atoms with van der Waals surface area (Å²) in [5.74, 6) is 0. The van der Waals surface area contributed by atoms with Crippen LogP contribution >= 0.6 is 0 Å². The summed E-state index contributed by atoms with van der Waals surface area (Å²) in [5.41, 5.74) is 2.76. The molecule has 0 bridgehead atoms. The Morgan fingerprint density at radius 3 is 1.71 bits per heavy atom. The molecule has 0 aliphatic rings.